The first kappa shape index (κ1) is 29.2. The topological polar surface area (TPSA) is 116 Å². The highest BCUT2D eigenvalue weighted by molar-refractivity contribution is 7.14. The number of benzene rings is 1. The van der Waals surface area contributed by atoms with E-state index in [1.54, 1.807) is 12.3 Å². The molecule has 1 fully saturated rings. The van der Waals surface area contributed by atoms with E-state index >= 15 is 0 Å². The first-order chi connectivity index (χ1) is 19.2. The molecule has 1 aliphatic heterocycles. The van der Waals surface area contributed by atoms with Crippen LogP contribution >= 0.6 is 11.3 Å². The summed E-state index contributed by atoms with van der Waals surface area (Å²) in [6.07, 6.45) is -0.518. The third-order valence-corrected chi connectivity index (χ3v) is 6.92. The van der Waals surface area contributed by atoms with Gasteiger partial charge in [0, 0.05) is 31.1 Å². The number of hydrogen-bond acceptors (Lipinski definition) is 10. The van der Waals surface area contributed by atoms with Crippen molar-refractivity contribution in [3.63, 3.8) is 0 Å². The van der Waals surface area contributed by atoms with Crippen LogP contribution in [-0.2, 0) is 20.4 Å². The normalized spacial score (nSPS) is 14.2. The Hall–Kier alpha value is -3.78. The number of piperidine rings is 1. The molecule has 0 saturated carbocycles. The van der Waals surface area contributed by atoms with E-state index in [0.29, 0.717) is 38.4 Å². The number of nitrogens with zero attached hydrogens (tertiary/aromatic N) is 4. The third kappa shape index (κ3) is 7.24. The third-order valence-electron chi connectivity index (χ3n) is 6.16. The van der Waals surface area contributed by atoms with Crippen LogP contribution in [0.5, 0.6) is 5.75 Å². The Kier molecular flexibility index (Phi) is 9.53. The van der Waals surface area contributed by atoms with E-state index in [1.165, 1.54) is 31.6 Å². The molecule has 0 spiro atoms. The summed E-state index contributed by atoms with van der Waals surface area (Å²) in [7, 11) is 1.43. The molecule has 0 unspecified atom stereocenters. The van der Waals surface area contributed by atoms with Crippen LogP contribution in [0.1, 0.15) is 35.8 Å². The summed E-state index contributed by atoms with van der Waals surface area (Å²) in [6, 6.07) is 3.67. The smallest absolute Gasteiger partial charge is 0.419 e. The van der Waals surface area contributed by atoms with E-state index in [4.69, 9.17) is 14.2 Å². The van der Waals surface area contributed by atoms with Crippen molar-refractivity contribution in [3.05, 3.63) is 47.2 Å². The number of thiazole rings is 1. The summed E-state index contributed by atoms with van der Waals surface area (Å²) in [5.74, 6) is -0.591. The van der Waals surface area contributed by atoms with Gasteiger partial charge >= 0.3 is 12.1 Å². The van der Waals surface area contributed by atoms with Crippen LogP contribution in [0, 0.1) is 5.92 Å². The van der Waals surface area contributed by atoms with Gasteiger partial charge in [0.25, 0.3) is 5.91 Å². The maximum atomic E-state index is 13.6. The van der Waals surface area contributed by atoms with Gasteiger partial charge in [0.2, 0.25) is 0 Å². The molecule has 0 radical (unpaired) electrons. The first-order valence-electron chi connectivity index (χ1n) is 12.5. The molecule has 0 atom stereocenters. The lowest BCUT2D eigenvalue weighted by molar-refractivity contribution is -0.148. The van der Waals surface area contributed by atoms with Gasteiger partial charge in [-0.15, -0.1) is 11.3 Å². The fourth-order valence-electron chi connectivity index (χ4n) is 4.10. The molecule has 10 nitrogen and oxygen atoms in total. The van der Waals surface area contributed by atoms with E-state index < -0.39 is 17.6 Å². The average molecular weight is 580 g/mol. The predicted octanol–water partition coefficient (Wildman–Crippen LogP) is 4.68. The van der Waals surface area contributed by atoms with Crippen molar-refractivity contribution in [1.29, 1.82) is 0 Å². The molecular weight excluding hydrogens is 551 g/mol. The largest absolute Gasteiger partial charge is 0.491 e. The number of hydrogen-bond donors (Lipinski definition) is 1. The van der Waals surface area contributed by atoms with Crippen molar-refractivity contribution in [2.24, 2.45) is 5.92 Å². The number of halogens is 3. The molecule has 1 aromatic carbocycles. The second-order valence-corrected chi connectivity index (χ2v) is 9.67. The number of ether oxygens (including phenoxy) is 3. The fraction of sp³-hybridized carbons (Fsp3) is 0.423. The Morgan fingerprint density at radius 2 is 1.93 bits per heavy atom. The Labute approximate surface area is 232 Å². The number of carbonyl (C=O) groups is 2. The van der Waals surface area contributed by atoms with Gasteiger partial charge in [0.1, 0.15) is 23.9 Å². The van der Waals surface area contributed by atoms with Crippen molar-refractivity contribution in [2.75, 3.05) is 50.2 Å². The lowest BCUT2D eigenvalue weighted by atomic mass is 9.97. The molecule has 1 amide bonds. The molecular formula is C26H28F3N5O5S. The van der Waals surface area contributed by atoms with E-state index in [9.17, 15) is 22.8 Å². The van der Waals surface area contributed by atoms with Crippen molar-refractivity contribution < 1.29 is 37.0 Å². The van der Waals surface area contributed by atoms with Crippen LogP contribution in [0.25, 0.3) is 11.3 Å². The van der Waals surface area contributed by atoms with Crippen molar-refractivity contribution in [3.8, 4) is 17.0 Å². The molecule has 4 rings (SSSR count). The number of amides is 1. The minimum Gasteiger partial charge on any atom is -0.491 e. The molecule has 0 aliphatic carbocycles. The summed E-state index contributed by atoms with van der Waals surface area (Å²) in [4.78, 5) is 39.4. The predicted molar refractivity (Wildman–Crippen MR) is 141 cm³/mol. The van der Waals surface area contributed by atoms with Crippen LogP contribution in [0.2, 0.25) is 0 Å². The minimum absolute atomic E-state index is 0.0241. The standard InChI is InChI=1S/C26H28F3N5O5S/c1-3-38-24(36)16-6-8-34(9-7-16)22-14-30-19(13-31-22)23(35)33-25-32-20(15-40-25)17-4-5-21(39-11-10-37-2)18(12-17)26(27,28)29/h4-5,12-16H,3,6-11H2,1-2H3,(H,32,33,35). The summed E-state index contributed by atoms with van der Waals surface area (Å²) >= 11 is 1.07. The number of carbonyl (C=O) groups excluding carboxylic acids is 2. The number of alkyl halides is 3. The number of aromatic nitrogens is 3. The van der Waals surface area contributed by atoms with E-state index in [-0.39, 0.29) is 52.9 Å². The van der Waals surface area contributed by atoms with Crippen molar-refractivity contribution in [1.82, 2.24) is 15.0 Å². The number of nitrogens with one attached hydrogen (secondary N) is 1. The lowest BCUT2D eigenvalue weighted by Crippen LogP contribution is -2.37. The molecule has 14 heteroatoms. The summed E-state index contributed by atoms with van der Waals surface area (Å²) < 4.78 is 56.0. The molecule has 1 saturated heterocycles. The Morgan fingerprint density at radius 1 is 1.15 bits per heavy atom. The maximum Gasteiger partial charge on any atom is 0.419 e. The van der Waals surface area contributed by atoms with E-state index in [0.717, 1.165) is 17.4 Å². The minimum atomic E-state index is -4.63. The van der Waals surface area contributed by atoms with E-state index in [1.807, 2.05) is 4.90 Å². The zero-order valence-electron chi connectivity index (χ0n) is 21.9. The monoisotopic (exact) mass is 579 g/mol. The molecule has 3 aromatic rings. The highest BCUT2D eigenvalue weighted by Gasteiger charge is 2.35. The second kappa shape index (κ2) is 13.0. The zero-order chi connectivity index (χ0) is 28.7. The fourth-order valence-corrected chi connectivity index (χ4v) is 4.82. The van der Waals surface area contributed by atoms with Crippen molar-refractivity contribution >= 4 is 34.2 Å². The number of esters is 1. The van der Waals surface area contributed by atoms with Crippen LogP contribution in [-0.4, -0.2) is 66.8 Å². The number of methoxy groups -OCH3 is 1. The highest BCUT2D eigenvalue weighted by atomic mass is 32.1. The van der Waals surface area contributed by atoms with Gasteiger partial charge in [0.05, 0.1) is 42.8 Å². The molecule has 1 N–H and O–H groups in total. The molecule has 1 aliphatic rings. The summed E-state index contributed by atoms with van der Waals surface area (Å²) in [6.45, 7) is 3.49. The Morgan fingerprint density at radius 3 is 2.58 bits per heavy atom. The molecule has 40 heavy (non-hydrogen) atoms. The summed E-state index contributed by atoms with van der Waals surface area (Å²) in [5, 5.41) is 4.35. The van der Waals surface area contributed by atoms with Crippen LogP contribution in [0.4, 0.5) is 24.1 Å². The second-order valence-electron chi connectivity index (χ2n) is 8.82. The average Bonchev–Trinajstić information content (AvgIpc) is 3.41. The number of anilines is 2. The maximum absolute atomic E-state index is 13.6. The molecule has 0 bridgehead atoms. The molecule has 2 aromatic heterocycles. The van der Waals surface area contributed by atoms with Gasteiger partial charge in [-0.25, -0.2) is 15.0 Å². The molecule has 214 valence electrons. The number of rotatable bonds is 10. The molecule has 3 heterocycles. The van der Waals surface area contributed by atoms with Gasteiger partial charge in [-0.3, -0.25) is 14.9 Å². The van der Waals surface area contributed by atoms with Crippen molar-refractivity contribution in [2.45, 2.75) is 25.9 Å². The Bertz CT molecular complexity index is 1310. The first-order valence-corrected chi connectivity index (χ1v) is 13.4. The Balaban J connectivity index is 1.38. The van der Waals surface area contributed by atoms with Gasteiger partial charge < -0.3 is 19.1 Å². The van der Waals surface area contributed by atoms with Gasteiger partial charge in [-0.05, 0) is 38.0 Å². The highest BCUT2D eigenvalue weighted by Crippen LogP contribution is 2.39. The van der Waals surface area contributed by atoms with Gasteiger partial charge in [-0.1, -0.05) is 0 Å². The lowest BCUT2D eigenvalue weighted by Gasteiger charge is -2.31. The summed E-state index contributed by atoms with van der Waals surface area (Å²) in [5.41, 5.74) is -0.389. The van der Waals surface area contributed by atoms with Crippen LogP contribution in [0.3, 0.4) is 0 Å². The van der Waals surface area contributed by atoms with Crippen LogP contribution in [0.15, 0.2) is 36.0 Å². The van der Waals surface area contributed by atoms with Gasteiger partial charge in [0.15, 0.2) is 5.13 Å². The zero-order valence-corrected chi connectivity index (χ0v) is 22.7. The van der Waals surface area contributed by atoms with E-state index in [2.05, 4.69) is 20.3 Å². The SMILES string of the molecule is CCOC(=O)C1CCN(c2cnc(C(=O)Nc3nc(-c4ccc(OCCOC)c(C(F)(F)F)c4)cs3)cn2)CC1. The van der Waals surface area contributed by atoms with Crippen LogP contribution < -0.4 is 15.0 Å². The quantitative estimate of drug-likeness (QED) is 0.270. The van der Waals surface area contributed by atoms with Gasteiger partial charge in [-0.2, -0.15) is 13.2 Å².